The molecule has 0 saturated heterocycles. The number of nitrogens with zero attached hydrogens (tertiary/aromatic N) is 4. The van der Waals surface area contributed by atoms with Crippen LogP contribution < -0.4 is 0 Å². The molecular formula is C12H20N4O3S. The SMILES string of the molecule is CCCCc1nc(SCC(=O)OC)n(C(=O)N(C)C)n1. The van der Waals surface area contributed by atoms with Crippen molar-refractivity contribution in [3.63, 3.8) is 0 Å². The number of esters is 1. The van der Waals surface area contributed by atoms with Crippen LogP contribution in [-0.2, 0) is 16.0 Å². The molecular weight excluding hydrogens is 280 g/mol. The predicted molar refractivity (Wildman–Crippen MR) is 75.9 cm³/mol. The molecule has 0 aromatic carbocycles. The van der Waals surface area contributed by atoms with Crippen LogP contribution in [0.2, 0.25) is 0 Å². The Bertz CT molecular complexity index is 473. The zero-order valence-corrected chi connectivity index (χ0v) is 13.1. The number of thioether (sulfide) groups is 1. The van der Waals surface area contributed by atoms with Crippen LogP contribution in [0.3, 0.4) is 0 Å². The van der Waals surface area contributed by atoms with Crippen molar-refractivity contribution in [1.82, 2.24) is 19.7 Å². The second-order valence-corrected chi connectivity index (χ2v) is 5.31. The summed E-state index contributed by atoms with van der Waals surface area (Å²) in [7, 11) is 4.61. The van der Waals surface area contributed by atoms with Crippen LogP contribution in [-0.4, -0.2) is 58.6 Å². The summed E-state index contributed by atoms with van der Waals surface area (Å²) >= 11 is 1.15. The number of hydrogen-bond donors (Lipinski definition) is 0. The Balaban J connectivity index is 2.90. The number of unbranched alkanes of at least 4 members (excludes halogenated alkanes) is 1. The summed E-state index contributed by atoms with van der Waals surface area (Å²) in [5, 5.41) is 4.63. The first-order chi connectivity index (χ1) is 9.49. The van der Waals surface area contributed by atoms with E-state index in [1.165, 1.54) is 16.7 Å². The zero-order valence-electron chi connectivity index (χ0n) is 12.3. The van der Waals surface area contributed by atoms with Gasteiger partial charge in [0, 0.05) is 20.5 Å². The van der Waals surface area contributed by atoms with Crippen LogP contribution >= 0.6 is 11.8 Å². The highest BCUT2D eigenvalue weighted by molar-refractivity contribution is 7.99. The van der Waals surface area contributed by atoms with Crippen LogP contribution in [0.4, 0.5) is 4.79 Å². The predicted octanol–water partition coefficient (Wildman–Crippen LogP) is 1.42. The average Bonchev–Trinajstić information content (AvgIpc) is 2.84. The van der Waals surface area contributed by atoms with Gasteiger partial charge in [-0.05, 0) is 6.42 Å². The number of ether oxygens (including phenoxy) is 1. The largest absolute Gasteiger partial charge is 0.468 e. The van der Waals surface area contributed by atoms with Crippen molar-refractivity contribution in [2.75, 3.05) is 27.0 Å². The summed E-state index contributed by atoms with van der Waals surface area (Å²) in [5.74, 6) is 0.356. The molecule has 20 heavy (non-hydrogen) atoms. The zero-order chi connectivity index (χ0) is 15.1. The van der Waals surface area contributed by atoms with Crippen molar-refractivity contribution < 1.29 is 14.3 Å². The molecule has 0 atom stereocenters. The number of aromatic nitrogens is 3. The average molecular weight is 300 g/mol. The third-order valence-electron chi connectivity index (χ3n) is 2.49. The summed E-state index contributed by atoms with van der Waals surface area (Å²) in [6, 6.07) is -0.285. The molecule has 8 heteroatoms. The molecule has 112 valence electrons. The van der Waals surface area contributed by atoms with Gasteiger partial charge in [0.15, 0.2) is 11.0 Å². The maximum absolute atomic E-state index is 12.0. The Morgan fingerprint density at radius 1 is 1.40 bits per heavy atom. The smallest absolute Gasteiger partial charge is 0.346 e. The molecule has 0 radical (unpaired) electrons. The first-order valence-electron chi connectivity index (χ1n) is 6.36. The molecule has 0 aliphatic rings. The van der Waals surface area contributed by atoms with Crippen molar-refractivity contribution in [1.29, 1.82) is 0 Å². The molecule has 1 amide bonds. The molecule has 0 bridgehead atoms. The van der Waals surface area contributed by atoms with Gasteiger partial charge >= 0.3 is 12.0 Å². The molecule has 0 aliphatic heterocycles. The quantitative estimate of drug-likeness (QED) is 0.584. The Hall–Kier alpha value is -1.57. The van der Waals surface area contributed by atoms with Gasteiger partial charge in [0.25, 0.3) is 0 Å². The van der Waals surface area contributed by atoms with Gasteiger partial charge in [-0.15, -0.1) is 5.10 Å². The van der Waals surface area contributed by atoms with E-state index < -0.39 is 0 Å². The monoisotopic (exact) mass is 300 g/mol. The molecule has 1 aromatic rings. The summed E-state index contributed by atoms with van der Waals surface area (Å²) in [6.07, 6.45) is 2.71. The van der Waals surface area contributed by atoms with E-state index in [4.69, 9.17) is 0 Å². The maximum atomic E-state index is 12.0. The number of carbonyl (C=O) groups is 2. The highest BCUT2D eigenvalue weighted by Crippen LogP contribution is 2.17. The molecule has 1 rings (SSSR count). The van der Waals surface area contributed by atoms with Crippen LogP contribution in [0.25, 0.3) is 0 Å². The van der Waals surface area contributed by atoms with E-state index in [0.29, 0.717) is 11.0 Å². The first kappa shape index (κ1) is 16.5. The van der Waals surface area contributed by atoms with Gasteiger partial charge in [-0.3, -0.25) is 4.79 Å². The van der Waals surface area contributed by atoms with Crippen LogP contribution in [0.1, 0.15) is 25.6 Å². The lowest BCUT2D eigenvalue weighted by atomic mass is 10.2. The molecule has 1 aromatic heterocycles. The minimum atomic E-state index is -0.364. The third-order valence-corrected chi connectivity index (χ3v) is 3.39. The molecule has 7 nitrogen and oxygen atoms in total. The normalized spacial score (nSPS) is 10.4. The lowest BCUT2D eigenvalue weighted by Crippen LogP contribution is -2.29. The van der Waals surface area contributed by atoms with Crippen molar-refractivity contribution in [2.45, 2.75) is 31.3 Å². The topological polar surface area (TPSA) is 77.3 Å². The molecule has 0 aliphatic carbocycles. The van der Waals surface area contributed by atoms with Gasteiger partial charge in [-0.2, -0.15) is 4.68 Å². The minimum absolute atomic E-state index is 0.100. The van der Waals surface area contributed by atoms with E-state index in [1.54, 1.807) is 14.1 Å². The summed E-state index contributed by atoms with van der Waals surface area (Å²) in [6.45, 7) is 2.08. The van der Waals surface area contributed by atoms with E-state index in [9.17, 15) is 9.59 Å². The van der Waals surface area contributed by atoms with E-state index in [0.717, 1.165) is 31.0 Å². The van der Waals surface area contributed by atoms with E-state index >= 15 is 0 Å². The minimum Gasteiger partial charge on any atom is -0.468 e. The second-order valence-electron chi connectivity index (χ2n) is 4.37. The van der Waals surface area contributed by atoms with Gasteiger partial charge in [-0.25, -0.2) is 9.78 Å². The van der Waals surface area contributed by atoms with Gasteiger partial charge in [-0.1, -0.05) is 25.1 Å². The number of rotatable bonds is 6. The fourth-order valence-corrected chi connectivity index (χ4v) is 2.14. The Morgan fingerprint density at radius 3 is 2.65 bits per heavy atom. The fourth-order valence-electron chi connectivity index (χ4n) is 1.37. The Morgan fingerprint density at radius 2 is 2.10 bits per heavy atom. The molecule has 0 N–H and O–H groups in total. The molecule has 0 saturated carbocycles. The number of aryl methyl sites for hydroxylation is 1. The van der Waals surface area contributed by atoms with Crippen molar-refractivity contribution in [2.24, 2.45) is 0 Å². The number of amides is 1. The van der Waals surface area contributed by atoms with Crippen LogP contribution in [0.5, 0.6) is 0 Å². The van der Waals surface area contributed by atoms with E-state index in [1.807, 2.05) is 0 Å². The van der Waals surface area contributed by atoms with Gasteiger partial charge < -0.3 is 9.64 Å². The van der Waals surface area contributed by atoms with Crippen molar-refractivity contribution in [3.8, 4) is 0 Å². The van der Waals surface area contributed by atoms with Gasteiger partial charge in [0.05, 0.1) is 12.9 Å². The summed E-state index contributed by atoms with van der Waals surface area (Å²) < 4.78 is 5.81. The van der Waals surface area contributed by atoms with Crippen LogP contribution in [0, 0.1) is 0 Å². The number of carbonyl (C=O) groups excluding carboxylic acids is 2. The lowest BCUT2D eigenvalue weighted by Gasteiger charge is -2.10. The molecule has 1 heterocycles. The highest BCUT2D eigenvalue weighted by atomic mass is 32.2. The van der Waals surface area contributed by atoms with E-state index in [2.05, 4.69) is 21.7 Å². The summed E-state index contributed by atoms with van der Waals surface area (Å²) in [5.41, 5.74) is 0. The maximum Gasteiger partial charge on any atom is 0.346 e. The molecule has 0 unspecified atom stereocenters. The van der Waals surface area contributed by atoms with Gasteiger partial charge in [0.2, 0.25) is 0 Å². The molecule has 0 fully saturated rings. The lowest BCUT2D eigenvalue weighted by molar-refractivity contribution is -0.137. The number of hydrogen-bond acceptors (Lipinski definition) is 6. The van der Waals surface area contributed by atoms with Crippen LogP contribution in [0.15, 0.2) is 5.16 Å². The van der Waals surface area contributed by atoms with Crippen molar-refractivity contribution >= 4 is 23.8 Å². The first-order valence-corrected chi connectivity index (χ1v) is 7.35. The number of methoxy groups -OCH3 is 1. The Kier molecular flexibility index (Phi) is 6.50. The fraction of sp³-hybridized carbons (Fsp3) is 0.667. The summed E-state index contributed by atoms with van der Waals surface area (Å²) in [4.78, 5) is 28.9. The third kappa shape index (κ3) is 4.52. The van der Waals surface area contributed by atoms with Gasteiger partial charge in [0.1, 0.15) is 0 Å². The van der Waals surface area contributed by atoms with Crippen molar-refractivity contribution in [3.05, 3.63) is 5.82 Å². The second kappa shape index (κ2) is 7.88. The van der Waals surface area contributed by atoms with E-state index in [-0.39, 0.29) is 17.8 Å². The Labute approximate surface area is 122 Å². The highest BCUT2D eigenvalue weighted by Gasteiger charge is 2.18. The molecule has 0 spiro atoms. The standard InChI is InChI=1S/C12H20N4O3S/c1-5-6-7-9-13-11(20-8-10(17)19-4)16(14-9)12(18)15(2)3/h5-8H2,1-4H3.